The lowest BCUT2D eigenvalue weighted by Gasteiger charge is -2.11. The number of carboxylic acid groups (broad SMARTS) is 1. The lowest BCUT2D eigenvalue weighted by atomic mass is 10.1. The molecule has 4 rings (SSSR count). The molecular formula is C25H20F3NO3S2. The van der Waals surface area contributed by atoms with E-state index >= 15 is 0 Å². The molecule has 0 bridgehead atoms. The molecule has 0 aliphatic carbocycles. The van der Waals surface area contributed by atoms with Crippen molar-refractivity contribution in [3.63, 3.8) is 0 Å². The lowest BCUT2D eigenvalue weighted by molar-refractivity contribution is -0.139. The van der Waals surface area contributed by atoms with Crippen molar-refractivity contribution in [1.82, 2.24) is 4.98 Å². The molecule has 9 heteroatoms. The maximum atomic E-state index is 12.8. The summed E-state index contributed by atoms with van der Waals surface area (Å²) in [6.45, 7) is 1.61. The highest BCUT2D eigenvalue weighted by molar-refractivity contribution is 7.98. The molecule has 1 N–H and O–H groups in total. The second-order valence-electron chi connectivity index (χ2n) is 7.49. The van der Waals surface area contributed by atoms with E-state index in [1.165, 1.54) is 23.5 Å². The molecule has 1 aromatic heterocycles. The van der Waals surface area contributed by atoms with Crippen LogP contribution in [0.25, 0.3) is 20.8 Å². The molecular weight excluding hydrogens is 483 g/mol. The zero-order valence-corrected chi connectivity index (χ0v) is 19.7. The first kappa shape index (κ1) is 24.1. The van der Waals surface area contributed by atoms with Gasteiger partial charge in [0, 0.05) is 16.2 Å². The molecule has 3 aromatic carbocycles. The number of nitrogens with zero attached hydrogens (tertiary/aromatic N) is 1. The van der Waals surface area contributed by atoms with Crippen LogP contribution in [0.1, 0.15) is 23.6 Å². The Morgan fingerprint density at radius 1 is 1.09 bits per heavy atom. The maximum Gasteiger partial charge on any atom is 0.416 e. The predicted octanol–water partition coefficient (Wildman–Crippen LogP) is 7.30. The van der Waals surface area contributed by atoms with Crippen molar-refractivity contribution >= 4 is 39.3 Å². The Kier molecular flexibility index (Phi) is 7.13. The third kappa shape index (κ3) is 5.71. The van der Waals surface area contributed by atoms with Crippen LogP contribution in [0.15, 0.2) is 65.6 Å². The number of alkyl halides is 3. The van der Waals surface area contributed by atoms with Crippen LogP contribution >= 0.6 is 23.1 Å². The molecule has 0 fully saturated rings. The van der Waals surface area contributed by atoms with Crippen LogP contribution < -0.4 is 4.74 Å². The van der Waals surface area contributed by atoms with Gasteiger partial charge in [-0.15, -0.1) is 23.1 Å². The van der Waals surface area contributed by atoms with Gasteiger partial charge in [-0.3, -0.25) is 0 Å². The summed E-state index contributed by atoms with van der Waals surface area (Å²) in [7, 11) is 0. The number of hydrogen-bond donors (Lipinski definition) is 1. The van der Waals surface area contributed by atoms with Gasteiger partial charge in [-0.05, 0) is 60.0 Å². The van der Waals surface area contributed by atoms with Crippen molar-refractivity contribution in [2.75, 3.05) is 6.61 Å². The molecule has 4 aromatic rings. The molecule has 0 saturated carbocycles. The number of ether oxygens (including phenoxy) is 1. The zero-order chi connectivity index (χ0) is 24.3. The lowest BCUT2D eigenvalue weighted by Crippen LogP contribution is -2.10. The van der Waals surface area contributed by atoms with E-state index in [4.69, 9.17) is 9.84 Å². The van der Waals surface area contributed by atoms with E-state index in [2.05, 4.69) is 4.98 Å². The standard InChI is InChI=1S/C25H20F3NO3S2/c1-2-16-12-19(8-9-21(16)32-13-23(30)31)33-14-15-3-10-22-20(11-15)29-24(34-22)17-4-6-18(7-5-17)25(26,27)28/h3-12H,2,13-14H2,1H3,(H,30,31). The number of carboxylic acids is 1. The van der Waals surface area contributed by atoms with Gasteiger partial charge in [0.05, 0.1) is 15.8 Å². The maximum absolute atomic E-state index is 12.8. The van der Waals surface area contributed by atoms with Crippen LogP contribution in [0.3, 0.4) is 0 Å². The first-order chi connectivity index (χ1) is 16.2. The first-order valence-electron chi connectivity index (χ1n) is 10.4. The minimum Gasteiger partial charge on any atom is -0.482 e. The van der Waals surface area contributed by atoms with Crippen molar-refractivity contribution in [2.24, 2.45) is 0 Å². The molecule has 0 unspecified atom stereocenters. The van der Waals surface area contributed by atoms with Crippen LogP contribution in [0.2, 0.25) is 0 Å². The number of thiazole rings is 1. The van der Waals surface area contributed by atoms with Gasteiger partial charge in [-0.2, -0.15) is 13.2 Å². The molecule has 0 aliphatic heterocycles. The average molecular weight is 504 g/mol. The number of benzene rings is 3. The Bertz CT molecular complexity index is 1320. The fraction of sp³-hybridized carbons (Fsp3) is 0.200. The van der Waals surface area contributed by atoms with Crippen LogP contribution in [0.4, 0.5) is 13.2 Å². The summed E-state index contributed by atoms with van der Waals surface area (Å²) in [6.07, 6.45) is -3.64. The van der Waals surface area contributed by atoms with Crippen LogP contribution in [0.5, 0.6) is 5.75 Å². The topological polar surface area (TPSA) is 59.4 Å². The van der Waals surface area contributed by atoms with Gasteiger partial charge < -0.3 is 9.84 Å². The van der Waals surface area contributed by atoms with Crippen molar-refractivity contribution in [3.8, 4) is 16.3 Å². The van der Waals surface area contributed by atoms with Gasteiger partial charge in [-0.25, -0.2) is 9.78 Å². The monoisotopic (exact) mass is 503 g/mol. The van der Waals surface area contributed by atoms with E-state index in [1.807, 2.05) is 37.3 Å². The SMILES string of the molecule is CCc1cc(SCc2ccc3sc(-c4ccc(C(F)(F)F)cc4)nc3c2)ccc1OCC(=O)O. The van der Waals surface area contributed by atoms with Gasteiger partial charge in [-0.1, -0.05) is 25.1 Å². The molecule has 0 atom stereocenters. The molecule has 0 radical (unpaired) electrons. The number of aliphatic carboxylic acids is 1. The third-order valence-electron chi connectivity index (χ3n) is 5.08. The van der Waals surface area contributed by atoms with E-state index in [1.54, 1.807) is 17.8 Å². The number of hydrogen-bond acceptors (Lipinski definition) is 5. The summed E-state index contributed by atoms with van der Waals surface area (Å²) < 4.78 is 44.8. The number of rotatable bonds is 8. The normalized spacial score (nSPS) is 11.6. The second kappa shape index (κ2) is 10.1. The minimum absolute atomic E-state index is 0.373. The van der Waals surface area contributed by atoms with E-state index in [-0.39, 0.29) is 6.61 Å². The molecule has 1 heterocycles. The van der Waals surface area contributed by atoms with Gasteiger partial charge >= 0.3 is 12.1 Å². The van der Waals surface area contributed by atoms with Crippen molar-refractivity contribution < 1.29 is 27.8 Å². The quantitative estimate of drug-likeness (QED) is 0.256. The number of thioether (sulfide) groups is 1. The summed E-state index contributed by atoms with van der Waals surface area (Å²) in [5, 5.41) is 9.49. The number of fused-ring (bicyclic) bond motifs is 1. The summed E-state index contributed by atoms with van der Waals surface area (Å²) in [6, 6.07) is 16.8. The molecule has 0 aliphatic rings. The fourth-order valence-corrected chi connectivity index (χ4v) is 5.21. The van der Waals surface area contributed by atoms with Crippen molar-refractivity contribution in [1.29, 1.82) is 0 Å². The average Bonchev–Trinajstić information content (AvgIpc) is 3.24. The number of aryl methyl sites for hydroxylation is 1. The molecule has 0 amide bonds. The summed E-state index contributed by atoms with van der Waals surface area (Å²) in [5.41, 5.74) is 2.81. The Labute approximate surface area is 202 Å². The van der Waals surface area contributed by atoms with E-state index < -0.39 is 17.7 Å². The molecule has 176 valence electrons. The summed E-state index contributed by atoms with van der Waals surface area (Å²) >= 11 is 3.09. The van der Waals surface area contributed by atoms with E-state index in [0.717, 1.165) is 44.8 Å². The van der Waals surface area contributed by atoms with Gasteiger partial charge in [0.15, 0.2) is 6.61 Å². The largest absolute Gasteiger partial charge is 0.482 e. The van der Waals surface area contributed by atoms with Gasteiger partial charge in [0.2, 0.25) is 0 Å². The zero-order valence-electron chi connectivity index (χ0n) is 18.1. The van der Waals surface area contributed by atoms with Crippen LogP contribution in [-0.2, 0) is 23.1 Å². The fourth-order valence-electron chi connectivity index (χ4n) is 3.36. The van der Waals surface area contributed by atoms with Crippen LogP contribution in [-0.4, -0.2) is 22.7 Å². The highest BCUT2D eigenvalue weighted by atomic mass is 32.2. The molecule has 0 saturated heterocycles. The highest BCUT2D eigenvalue weighted by Crippen LogP contribution is 2.35. The van der Waals surface area contributed by atoms with Crippen LogP contribution in [0, 0.1) is 0 Å². The van der Waals surface area contributed by atoms with Gasteiger partial charge in [0.25, 0.3) is 0 Å². The van der Waals surface area contributed by atoms with Crippen molar-refractivity contribution in [2.45, 2.75) is 30.2 Å². The number of halogens is 3. The van der Waals surface area contributed by atoms with Gasteiger partial charge in [0.1, 0.15) is 10.8 Å². The first-order valence-corrected chi connectivity index (χ1v) is 12.2. The van der Waals surface area contributed by atoms with E-state index in [9.17, 15) is 18.0 Å². The summed E-state index contributed by atoms with van der Waals surface area (Å²) in [4.78, 5) is 16.4. The Morgan fingerprint density at radius 2 is 1.85 bits per heavy atom. The predicted molar refractivity (Wildman–Crippen MR) is 129 cm³/mol. The number of aromatic nitrogens is 1. The molecule has 4 nitrogen and oxygen atoms in total. The Balaban J connectivity index is 1.47. The molecule has 34 heavy (non-hydrogen) atoms. The number of carbonyl (C=O) groups is 1. The second-order valence-corrected chi connectivity index (χ2v) is 9.57. The van der Waals surface area contributed by atoms with Crippen molar-refractivity contribution in [3.05, 3.63) is 77.4 Å². The Morgan fingerprint density at radius 3 is 2.53 bits per heavy atom. The third-order valence-corrected chi connectivity index (χ3v) is 7.23. The highest BCUT2D eigenvalue weighted by Gasteiger charge is 2.30. The van der Waals surface area contributed by atoms with E-state index in [0.29, 0.717) is 22.1 Å². The smallest absolute Gasteiger partial charge is 0.416 e. The Hall–Kier alpha value is -3.04. The minimum atomic E-state index is -4.36. The summed E-state index contributed by atoms with van der Waals surface area (Å²) in [5.74, 6) is 0.273. The molecule has 0 spiro atoms.